The van der Waals surface area contributed by atoms with E-state index in [1.807, 2.05) is 17.9 Å². The standard InChI is InChI=1S/C15H18BrN3O/c1-3-19-15(13(16)7-18-19)14(17-2)10-4-5-11-8-20-9-12(11)6-10/h4-7,14,17H,3,8-9H2,1-2H3. The molecular formula is C15H18BrN3O. The maximum Gasteiger partial charge on any atom is 0.0757 e. The third-order valence-electron chi connectivity index (χ3n) is 3.77. The highest BCUT2D eigenvalue weighted by Crippen LogP contribution is 2.31. The zero-order chi connectivity index (χ0) is 14.1. The molecule has 0 fully saturated rings. The second-order valence-electron chi connectivity index (χ2n) is 4.94. The minimum atomic E-state index is 0.123. The second-order valence-corrected chi connectivity index (χ2v) is 5.79. The van der Waals surface area contributed by atoms with E-state index in [9.17, 15) is 0 Å². The van der Waals surface area contributed by atoms with Crippen molar-refractivity contribution in [3.63, 3.8) is 0 Å². The van der Waals surface area contributed by atoms with Gasteiger partial charge in [0.25, 0.3) is 0 Å². The summed E-state index contributed by atoms with van der Waals surface area (Å²) in [7, 11) is 1.98. The number of ether oxygens (including phenoxy) is 1. The topological polar surface area (TPSA) is 39.1 Å². The molecule has 5 heteroatoms. The van der Waals surface area contributed by atoms with Crippen LogP contribution in [0.3, 0.4) is 0 Å². The van der Waals surface area contributed by atoms with Crippen molar-refractivity contribution < 1.29 is 4.74 Å². The van der Waals surface area contributed by atoms with Crippen molar-refractivity contribution in [3.8, 4) is 0 Å². The van der Waals surface area contributed by atoms with Gasteiger partial charge in [-0.05, 0) is 46.6 Å². The van der Waals surface area contributed by atoms with Crippen LogP contribution in [0.4, 0.5) is 0 Å². The van der Waals surface area contributed by atoms with E-state index in [0.29, 0.717) is 6.61 Å². The third-order valence-corrected chi connectivity index (χ3v) is 4.38. The van der Waals surface area contributed by atoms with Gasteiger partial charge < -0.3 is 10.1 Å². The Morgan fingerprint density at radius 3 is 2.95 bits per heavy atom. The number of benzene rings is 1. The van der Waals surface area contributed by atoms with E-state index in [0.717, 1.165) is 23.3 Å². The Kier molecular flexibility index (Phi) is 3.92. The highest BCUT2D eigenvalue weighted by Gasteiger charge is 2.22. The fourth-order valence-corrected chi connectivity index (χ4v) is 3.27. The Labute approximate surface area is 127 Å². The molecule has 2 aromatic rings. The molecule has 0 saturated carbocycles. The van der Waals surface area contributed by atoms with Crippen LogP contribution in [-0.2, 0) is 24.5 Å². The van der Waals surface area contributed by atoms with Crippen LogP contribution in [0.1, 0.15) is 35.3 Å². The van der Waals surface area contributed by atoms with Gasteiger partial charge in [-0.3, -0.25) is 4.68 Å². The van der Waals surface area contributed by atoms with Crippen molar-refractivity contribution in [2.45, 2.75) is 32.7 Å². The van der Waals surface area contributed by atoms with Crippen molar-refractivity contribution in [2.75, 3.05) is 7.05 Å². The lowest BCUT2D eigenvalue weighted by atomic mass is 9.99. The van der Waals surface area contributed by atoms with Crippen molar-refractivity contribution in [3.05, 3.63) is 51.3 Å². The van der Waals surface area contributed by atoms with Gasteiger partial charge in [-0.2, -0.15) is 5.10 Å². The van der Waals surface area contributed by atoms with Crippen molar-refractivity contribution >= 4 is 15.9 Å². The second kappa shape index (κ2) is 5.68. The van der Waals surface area contributed by atoms with E-state index in [1.165, 1.54) is 16.7 Å². The molecule has 0 spiro atoms. The summed E-state index contributed by atoms with van der Waals surface area (Å²) in [6, 6.07) is 6.71. The first-order chi connectivity index (χ1) is 9.74. The molecule has 20 heavy (non-hydrogen) atoms. The molecule has 0 saturated heterocycles. The summed E-state index contributed by atoms with van der Waals surface area (Å²) >= 11 is 3.61. The molecule has 1 unspecified atom stereocenters. The molecule has 1 N–H and O–H groups in total. The number of halogens is 1. The molecule has 2 heterocycles. The Hall–Kier alpha value is -1.17. The molecule has 1 aliphatic heterocycles. The summed E-state index contributed by atoms with van der Waals surface area (Å²) < 4.78 is 8.56. The fraction of sp³-hybridized carbons (Fsp3) is 0.400. The van der Waals surface area contributed by atoms with Crippen LogP contribution in [0.2, 0.25) is 0 Å². The maximum absolute atomic E-state index is 5.50. The molecule has 0 radical (unpaired) electrons. The lowest BCUT2D eigenvalue weighted by Crippen LogP contribution is -2.22. The molecule has 1 aromatic carbocycles. The van der Waals surface area contributed by atoms with Gasteiger partial charge in [-0.15, -0.1) is 0 Å². The van der Waals surface area contributed by atoms with Gasteiger partial charge in [0.15, 0.2) is 0 Å². The van der Waals surface area contributed by atoms with E-state index in [2.05, 4.69) is 51.5 Å². The lowest BCUT2D eigenvalue weighted by molar-refractivity contribution is 0.134. The van der Waals surface area contributed by atoms with E-state index in [1.54, 1.807) is 0 Å². The fourth-order valence-electron chi connectivity index (χ4n) is 2.74. The average Bonchev–Trinajstić information content (AvgIpc) is 3.07. The summed E-state index contributed by atoms with van der Waals surface area (Å²) in [5.41, 5.74) is 5.00. The van der Waals surface area contributed by atoms with E-state index < -0.39 is 0 Å². The minimum Gasteiger partial charge on any atom is -0.372 e. The van der Waals surface area contributed by atoms with Gasteiger partial charge in [0.2, 0.25) is 0 Å². The molecule has 1 atom stereocenters. The smallest absolute Gasteiger partial charge is 0.0757 e. The highest BCUT2D eigenvalue weighted by atomic mass is 79.9. The third kappa shape index (κ3) is 2.30. The number of hydrogen-bond donors (Lipinski definition) is 1. The number of aromatic nitrogens is 2. The minimum absolute atomic E-state index is 0.123. The molecule has 1 aromatic heterocycles. The van der Waals surface area contributed by atoms with E-state index >= 15 is 0 Å². The molecule has 3 rings (SSSR count). The van der Waals surface area contributed by atoms with Crippen LogP contribution in [0, 0.1) is 0 Å². The first-order valence-electron chi connectivity index (χ1n) is 6.82. The lowest BCUT2D eigenvalue weighted by Gasteiger charge is -2.19. The number of fused-ring (bicyclic) bond motifs is 1. The van der Waals surface area contributed by atoms with Gasteiger partial charge >= 0.3 is 0 Å². The van der Waals surface area contributed by atoms with E-state index in [4.69, 9.17) is 4.74 Å². The van der Waals surface area contributed by atoms with Crippen LogP contribution in [0.5, 0.6) is 0 Å². The number of aryl methyl sites for hydroxylation is 1. The molecule has 0 amide bonds. The van der Waals surface area contributed by atoms with Crippen molar-refractivity contribution in [1.29, 1.82) is 0 Å². The predicted molar refractivity (Wildman–Crippen MR) is 81.4 cm³/mol. The quantitative estimate of drug-likeness (QED) is 0.933. The predicted octanol–water partition coefficient (Wildman–Crippen LogP) is 3.00. The van der Waals surface area contributed by atoms with Crippen LogP contribution in [-0.4, -0.2) is 16.8 Å². The molecule has 1 aliphatic rings. The van der Waals surface area contributed by atoms with Crippen LogP contribution < -0.4 is 5.32 Å². The van der Waals surface area contributed by atoms with Gasteiger partial charge in [-0.1, -0.05) is 18.2 Å². The summed E-state index contributed by atoms with van der Waals surface area (Å²) in [6.07, 6.45) is 1.86. The number of nitrogens with zero attached hydrogens (tertiary/aromatic N) is 2. The highest BCUT2D eigenvalue weighted by molar-refractivity contribution is 9.10. The van der Waals surface area contributed by atoms with Gasteiger partial charge in [0, 0.05) is 6.54 Å². The van der Waals surface area contributed by atoms with Crippen LogP contribution in [0.15, 0.2) is 28.9 Å². The van der Waals surface area contributed by atoms with Crippen LogP contribution in [0.25, 0.3) is 0 Å². The van der Waals surface area contributed by atoms with Crippen LogP contribution >= 0.6 is 15.9 Å². The SMILES string of the molecule is CCn1ncc(Br)c1C(NC)c1ccc2c(c1)COC2. The first kappa shape index (κ1) is 13.8. The number of nitrogens with one attached hydrogen (secondary N) is 1. The number of hydrogen-bond acceptors (Lipinski definition) is 3. The average molecular weight is 336 g/mol. The van der Waals surface area contributed by atoms with Crippen molar-refractivity contribution in [2.24, 2.45) is 0 Å². The van der Waals surface area contributed by atoms with Crippen molar-refractivity contribution in [1.82, 2.24) is 15.1 Å². The summed E-state index contributed by atoms with van der Waals surface area (Å²) in [4.78, 5) is 0. The molecule has 0 bridgehead atoms. The Bertz CT molecular complexity index is 624. The number of rotatable bonds is 4. The Morgan fingerprint density at radius 2 is 2.20 bits per heavy atom. The molecule has 106 valence electrons. The monoisotopic (exact) mass is 335 g/mol. The van der Waals surface area contributed by atoms with Gasteiger partial charge in [-0.25, -0.2) is 0 Å². The summed E-state index contributed by atoms with van der Waals surface area (Å²) in [6.45, 7) is 4.41. The Balaban J connectivity index is 2.03. The molecule has 4 nitrogen and oxygen atoms in total. The first-order valence-corrected chi connectivity index (χ1v) is 7.61. The normalized spacial score (nSPS) is 15.3. The largest absolute Gasteiger partial charge is 0.372 e. The van der Waals surface area contributed by atoms with E-state index in [-0.39, 0.29) is 6.04 Å². The van der Waals surface area contributed by atoms with Gasteiger partial charge in [0.1, 0.15) is 0 Å². The Morgan fingerprint density at radius 1 is 1.40 bits per heavy atom. The summed E-state index contributed by atoms with van der Waals surface area (Å²) in [5.74, 6) is 0. The summed E-state index contributed by atoms with van der Waals surface area (Å²) in [5, 5.41) is 7.80. The zero-order valence-electron chi connectivity index (χ0n) is 11.7. The maximum atomic E-state index is 5.50. The molecular weight excluding hydrogens is 318 g/mol. The van der Waals surface area contributed by atoms with Gasteiger partial charge in [0.05, 0.1) is 35.6 Å². The zero-order valence-corrected chi connectivity index (χ0v) is 13.3. The molecule has 0 aliphatic carbocycles.